The van der Waals surface area contributed by atoms with Crippen molar-refractivity contribution in [3.8, 4) is 6.07 Å². The number of nitrogens with two attached hydrogens (primary N) is 1. The van der Waals surface area contributed by atoms with Crippen LogP contribution in [0.1, 0.15) is 19.8 Å². The minimum Gasteiger partial charge on any atom is -0.401 e. The Balaban J connectivity index is 2.64. The van der Waals surface area contributed by atoms with Gasteiger partial charge in [-0.25, -0.2) is 0 Å². The van der Waals surface area contributed by atoms with Crippen LogP contribution in [-0.4, -0.2) is 0 Å². The molecule has 0 aromatic heterocycles. The SMILES string of the molecule is CC1(/C(N)=C\C#N)CC1. The summed E-state index contributed by atoms with van der Waals surface area (Å²) in [5.41, 5.74) is 6.48. The summed E-state index contributed by atoms with van der Waals surface area (Å²) in [6, 6.07) is 1.93. The van der Waals surface area contributed by atoms with E-state index in [9.17, 15) is 0 Å². The topological polar surface area (TPSA) is 49.8 Å². The largest absolute Gasteiger partial charge is 0.401 e. The fourth-order valence-corrected chi connectivity index (χ4v) is 0.720. The first kappa shape index (κ1) is 6.15. The van der Waals surface area contributed by atoms with Crippen LogP contribution in [0.15, 0.2) is 11.8 Å². The third kappa shape index (κ3) is 1.05. The van der Waals surface area contributed by atoms with Gasteiger partial charge in [0, 0.05) is 17.2 Å². The van der Waals surface area contributed by atoms with Gasteiger partial charge in [0.2, 0.25) is 0 Å². The molecule has 2 N–H and O–H groups in total. The monoisotopic (exact) mass is 122 g/mol. The van der Waals surface area contributed by atoms with Gasteiger partial charge < -0.3 is 5.73 Å². The fraction of sp³-hybridized carbons (Fsp3) is 0.571. The van der Waals surface area contributed by atoms with Gasteiger partial charge in [-0.1, -0.05) is 6.92 Å². The van der Waals surface area contributed by atoms with Crippen LogP contribution < -0.4 is 5.73 Å². The summed E-state index contributed by atoms with van der Waals surface area (Å²) in [7, 11) is 0. The van der Waals surface area contributed by atoms with Gasteiger partial charge in [0.1, 0.15) is 0 Å². The van der Waals surface area contributed by atoms with Crippen LogP contribution in [0.2, 0.25) is 0 Å². The molecular weight excluding hydrogens is 112 g/mol. The van der Waals surface area contributed by atoms with E-state index in [4.69, 9.17) is 11.0 Å². The van der Waals surface area contributed by atoms with Crippen molar-refractivity contribution in [2.24, 2.45) is 11.1 Å². The van der Waals surface area contributed by atoms with E-state index in [1.54, 1.807) is 0 Å². The molecule has 0 aromatic rings. The lowest BCUT2D eigenvalue weighted by Crippen LogP contribution is -2.08. The molecule has 0 aromatic carbocycles. The Morgan fingerprint density at radius 1 is 1.78 bits per heavy atom. The smallest absolute Gasteiger partial charge is 0.0930 e. The van der Waals surface area contributed by atoms with Crippen LogP contribution in [-0.2, 0) is 0 Å². The van der Waals surface area contributed by atoms with Crippen LogP contribution >= 0.6 is 0 Å². The maximum absolute atomic E-state index is 8.22. The number of hydrogen-bond acceptors (Lipinski definition) is 2. The van der Waals surface area contributed by atoms with Crippen molar-refractivity contribution in [1.82, 2.24) is 0 Å². The van der Waals surface area contributed by atoms with Gasteiger partial charge in [-0.3, -0.25) is 0 Å². The summed E-state index contributed by atoms with van der Waals surface area (Å²) in [6.07, 6.45) is 3.71. The molecule has 0 radical (unpaired) electrons. The van der Waals surface area contributed by atoms with Crippen molar-refractivity contribution in [3.63, 3.8) is 0 Å². The van der Waals surface area contributed by atoms with Crippen molar-refractivity contribution in [2.75, 3.05) is 0 Å². The molecule has 0 spiro atoms. The van der Waals surface area contributed by atoms with Crippen molar-refractivity contribution >= 4 is 0 Å². The molecule has 0 bridgehead atoms. The molecule has 1 saturated carbocycles. The molecule has 1 rings (SSSR count). The maximum atomic E-state index is 8.22. The maximum Gasteiger partial charge on any atom is 0.0930 e. The molecule has 2 nitrogen and oxygen atoms in total. The van der Waals surface area contributed by atoms with E-state index in [2.05, 4.69) is 6.92 Å². The van der Waals surface area contributed by atoms with Crippen LogP contribution in [0.5, 0.6) is 0 Å². The van der Waals surface area contributed by atoms with E-state index in [0.717, 1.165) is 18.5 Å². The van der Waals surface area contributed by atoms with Gasteiger partial charge in [-0.2, -0.15) is 5.26 Å². The average Bonchev–Trinajstić information content (AvgIpc) is 2.50. The summed E-state index contributed by atoms with van der Waals surface area (Å²) in [4.78, 5) is 0. The van der Waals surface area contributed by atoms with E-state index in [1.807, 2.05) is 6.07 Å². The predicted molar refractivity (Wildman–Crippen MR) is 35.2 cm³/mol. The minimum atomic E-state index is 0.176. The van der Waals surface area contributed by atoms with E-state index in [1.165, 1.54) is 6.08 Å². The first-order chi connectivity index (χ1) is 4.19. The molecule has 1 aliphatic carbocycles. The third-order valence-electron chi connectivity index (χ3n) is 1.92. The zero-order valence-corrected chi connectivity index (χ0v) is 5.52. The van der Waals surface area contributed by atoms with Crippen LogP contribution in [0, 0.1) is 16.7 Å². The van der Waals surface area contributed by atoms with Gasteiger partial charge in [0.05, 0.1) is 6.07 Å². The highest BCUT2D eigenvalue weighted by Crippen LogP contribution is 2.49. The first-order valence-electron chi connectivity index (χ1n) is 3.05. The Bertz CT molecular complexity index is 182. The second-order valence-electron chi connectivity index (χ2n) is 2.79. The summed E-state index contributed by atoms with van der Waals surface area (Å²) in [6.45, 7) is 2.08. The number of rotatable bonds is 1. The first-order valence-corrected chi connectivity index (χ1v) is 3.05. The molecule has 0 aliphatic heterocycles. The van der Waals surface area contributed by atoms with Crippen molar-refractivity contribution in [2.45, 2.75) is 19.8 Å². The van der Waals surface area contributed by atoms with Crippen molar-refractivity contribution in [1.29, 1.82) is 5.26 Å². The summed E-state index contributed by atoms with van der Waals surface area (Å²) >= 11 is 0. The van der Waals surface area contributed by atoms with Crippen LogP contribution in [0.3, 0.4) is 0 Å². The van der Waals surface area contributed by atoms with E-state index >= 15 is 0 Å². The summed E-state index contributed by atoms with van der Waals surface area (Å²) in [5, 5.41) is 8.22. The molecule has 0 atom stereocenters. The van der Waals surface area contributed by atoms with E-state index in [0.29, 0.717) is 0 Å². The zero-order chi connectivity index (χ0) is 6.91. The number of nitrogens with zero attached hydrogens (tertiary/aromatic N) is 1. The highest BCUT2D eigenvalue weighted by atomic mass is 14.7. The van der Waals surface area contributed by atoms with Crippen LogP contribution in [0.4, 0.5) is 0 Å². The number of hydrogen-bond donors (Lipinski definition) is 1. The fourth-order valence-electron chi connectivity index (χ4n) is 0.720. The van der Waals surface area contributed by atoms with Crippen molar-refractivity contribution in [3.05, 3.63) is 11.8 Å². The molecule has 1 fully saturated rings. The van der Waals surface area contributed by atoms with Crippen LogP contribution in [0.25, 0.3) is 0 Å². The van der Waals surface area contributed by atoms with Gasteiger partial charge in [-0.05, 0) is 12.8 Å². The quantitative estimate of drug-likeness (QED) is 0.530. The molecule has 1 aliphatic rings. The van der Waals surface area contributed by atoms with E-state index < -0.39 is 0 Å². The molecule has 0 amide bonds. The van der Waals surface area contributed by atoms with Gasteiger partial charge >= 0.3 is 0 Å². The Morgan fingerprint density at radius 2 is 2.33 bits per heavy atom. The summed E-state index contributed by atoms with van der Waals surface area (Å²) < 4.78 is 0. The lowest BCUT2D eigenvalue weighted by molar-refractivity contribution is 0.679. The molecule has 0 heterocycles. The third-order valence-corrected chi connectivity index (χ3v) is 1.92. The Morgan fingerprint density at radius 3 is 2.67 bits per heavy atom. The van der Waals surface area contributed by atoms with Gasteiger partial charge in [0.15, 0.2) is 0 Å². The predicted octanol–water partition coefficient (Wildman–Crippen LogP) is 1.15. The molecule has 2 heteroatoms. The highest BCUT2D eigenvalue weighted by Gasteiger charge is 2.39. The van der Waals surface area contributed by atoms with Gasteiger partial charge in [0.25, 0.3) is 0 Å². The molecule has 0 unspecified atom stereocenters. The average molecular weight is 122 g/mol. The van der Waals surface area contributed by atoms with Gasteiger partial charge in [-0.15, -0.1) is 0 Å². The molecular formula is C7H10N2. The molecule has 0 saturated heterocycles. The van der Waals surface area contributed by atoms with Crippen molar-refractivity contribution < 1.29 is 0 Å². The lowest BCUT2D eigenvalue weighted by Gasteiger charge is -2.04. The normalized spacial score (nSPS) is 22.9. The molecule has 9 heavy (non-hydrogen) atoms. The highest BCUT2D eigenvalue weighted by molar-refractivity contribution is 5.22. The minimum absolute atomic E-state index is 0.176. The number of allylic oxidation sites excluding steroid dienone is 2. The second kappa shape index (κ2) is 1.77. The number of nitriles is 1. The Hall–Kier alpha value is -0.970. The summed E-state index contributed by atoms with van der Waals surface area (Å²) in [5.74, 6) is 0. The zero-order valence-electron chi connectivity index (χ0n) is 5.52. The Labute approximate surface area is 55.0 Å². The lowest BCUT2D eigenvalue weighted by atomic mass is 10.1. The standard InChI is InChI=1S/C7H10N2/c1-7(3-4-7)6(9)2-5-8/h2H,3-4,9H2,1H3/b6-2+. The Kier molecular flexibility index (Phi) is 1.21. The van der Waals surface area contributed by atoms with E-state index in [-0.39, 0.29) is 5.41 Å². The molecule has 48 valence electrons. The second-order valence-corrected chi connectivity index (χ2v) is 2.79.